The molecule has 0 N–H and O–H groups in total. The van der Waals surface area contributed by atoms with E-state index in [2.05, 4.69) is 107 Å². The number of hydrogen-bond acceptors (Lipinski definition) is 2. The third kappa shape index (κ3) is 2.05. The van der Waals surface area contributed by atoms with Gasteiger partial charge in [0.15, 0.2) is 0 Å². The monoisotopic (exact) mass is 461 g/mol. The van der Waals surface area contributed by atoms with E-state index in [1.807, 2.05) is 6.07 Å². The molecule has 0 aliphatic heterocycles. The molecule has 4 heterocycles. The molecular weight excluding hydrogens is 442 g/mol. The molecule has 0 radical (unpaired) electrons. The van der Waals surface area contributed by atoms with Gasteiger partial charge in [-0.05, 0) is 36.4 Å². The number of hydrogen-bond donors (Lipinski definition) is 0. The molecule has 0 fully saturated rings. The van der Waals surface area contributed by atoms with Gasteiger partial charge in [0.05, 0.1) is 38.5 Å². The predicted molar refractivity (Wildman–Crippen MR) is 148 cm³/mol. The van der Waals surface area contributed by atoms with Crippen LogP contribution >= 0.6 is 0 Å². The number of aromatic nitrogens is 3. The van der Waals surface area contributed by atoms with Crippen molar-refractivity contribution in [3.63, 3.8) is 0 Å². The lowest BCUT2D eigenvalue weighted by atomic mass is 10.0. The second-order valence-electron chi connectivity index (χ2n) is 9.66. The first-order chi connectivity index (χ1) is 17.8. The highest BCUT2D eigenvalue weighted by Crippen LogP contribution is 2.44. The van der Waals surface area contributed by atoms with E-state index in [4.69, 9.17) is 9.40 Å². The van der Waals surface area contributed by atoms with E-state index < -0.39 is 0 Å². The molecule has 0 aliphatic carbocycles. The highest BCUT2D eigenvalue weighted by Gasteiger charge is 2.22. The minimum atomic E-state index is 0.882. The molecule has 9 rings (SSSR count). The number of aryl methyl sites for hydroxylation is 1. The Kier molecular flexibility index (Phi) is 3.20. The van der Waals surface area contributed by atoms with Gasteiger partial charge in [0.2, 0.25) is 0 Å². The van der Waals surface area contributed by atoms with Crippen molar-refractivity contribution in [1.82, 2.24) is 14.0 Å². The first kappa shape index (κ1) is 18.5. The highest BCUT2D eigenvalue weighted by molar-refractivity contribution is 6.29. The zero-order chi connectivity index (χ0) is 23.5. The maximum Gasteiger partial charge on any atom is 0.146 e. The summed E-state index contributed by atoms with van der Waals surface area (Å²) in [6, 6.07) is 34.4. The Hall–Kier alpha value is -4.83. The van der Waals surface area contributed by atoms with Crippen molar-refractivity contribution in [1.29, 1.82) is 0 Å². The van der Waals surface area contributed by atoms with Crippen molar-refractivity contribution in [3.8, 4) is 11.4 Å². The van der Waals surface area contributed by atoms with Crippen LogP contribution in [0.25, 0.3) is 82.5 Å². The molecule has 5 aromatic carbocycles. The van der Waals surface area contributed by atoms with Gasteiger partial charge < -0.3 is 13.4 Å². The summed E-state index contributed by atoms with van der Waals surface area (Å²) >= 11 is 0. The standard InChI is InChI=1S/C32H19N3O/c1-34-26-15-5-3-13-24(26)33-32(34)23-12-7-10-20-21-16-17-27-28(31(21)36-30(20)23)22-11-6-9-19-18-8-2-4-14-25(18)35(27)29(19)22/h2-17H,1H3. The number of para-hydroxylation sites is 5. The number of imidazole rings is 1. The van der Waals surface area contributed by atoms with Crippen LogP contribution in [0.5, 0.6) is 0 Å². The van der Waals surface area contributed by atoms with Gasteiger partial charge in [0, 0.05) is 34.0 Å². The fourth-order valence-corrected chi connectivity index (χ4v) is 6.33. The lowest BCUT2D eigenvalue weighted by Gasteiger charge is -2.03. The van der Waals surface area contributed by atoms with Gasteiger partial charge in [-0.25, -0.2) is 4.98 Å². The van der Waals surface area contributed by atoms with E-state index >= 15 is 0 Å². The molecule has 0 spiro atoms. The maximum absolute atomic E-state index is 6.81. The van der Waals surface area contributed by atoms with Gasteiger partial charge in [-0.1, -0.05) is 60.7 Å². The van der Waals surface area contributed by atoms with E-state index in [9.17, 15) is 0 Å². The number of furan rings is 1. The Morgan fingerprint density at radius 1 is 0.583 bits per heavy atom. The van der Waals surface area contributed by atoms with Crippen molar-refractivity contribution in [3.05, 3.63) is 97.1 Å². The van der Waals surface area contributed by atoms with Crippen molar-refractivity contribution < 1.29 is 4.42 Å². The minimum absolute atomic E-state index is 0.882. The number of nitrogens with zero attached hydrogens (tertiary/aromatic N) is 3. The summed E-state index contributed by atoms with van der Waals surface area (Å²) in [5, 5.41) is 7.22. The first-order valence-electron chi connectivity index (χ1n) is 12.2. The normalized spacial score (nSPS) is 12.6. The number of benzene rings is 5. The maximum atomic E-state index is 6.81. The lowest BCUT2D eigenvalue weighted by molar-refractivity contribution is 0.673. The van der Waals surface area contributed by atoms with Crippen LogP contribution in [0.1, 0.15) is 0 Å². The van der Waals surface area contributed by atoms with Gasteiger partial charge in [-0.2, -0.15) is 0 Å². The zero-order valence-electron chi connectivity index (χ0n) is 19.5. The van der Waals surface area contributed by atoms with Crippen molar-refractivity contribution in [2.24, 2.45) is 7.05 Å². The highest BCUT2D eigenvalue weighted by atomic mass is 16.3. The van der Waals surface area contributed by atoms with Gasteiger partial charge in [-0.15, -0.1) is 0 Å². The van der Waals surface area contributed by atoms with E-state index in [0.717, 1.165) is 44.4 Å². The molecule has 36 heavy (non-hydrogen) atoms. The van der Waals surface area contributed by atoms with Crippen LogP contribution < -0.4 is 0 Å². The van der Waals surface area contributed by atoms with Crippen LogP contribution in [0.3, 0.4) is 0 Å². The fraction of sp³-hybridized carbons (Fsp3) is 0.0312. The van der Waals surface area contributed by atoms with Gasteiger partial charge in [0.25, 0.3) is 0 Å². The fourth-order valence-electron chi connectivity index (χ4n) is 6.33. The Morgan fingerprint density at radius 2 is 1.31 bits per heavy atom. The Bertz CT molecular complexity index is 2330. The second kappa shape index (κ2) is 6.23. The third-order valence-corrected chi connectivity index (χ3v) is 7.88. The smallest absolute Gasteiger partial charge is 0.146 e. The van der Waals surface area contributed by atoms with Crippen LogP contribution in [0.4, 0.5) is 0 Å². The van der Waals surface area contributed by atoms with E-state index in [1.165, 1.54) is 38.1 Å². The molecule has 168 valence electrons. The van der Waals surface area contributed by atoms with Gasteiger partial charge in [-0.3, -0.25) is 0 Å². The number of rotatable bonds is 1. The average molecular weight is 462 g/mol. The Labute approximate surface area is 204 Å². The largest absolute Gasteiger partial charge is 0.455 e. The molecule has 0 unspecified atom stereocenters. The topological polar surface area (TPSA) is 35.4 Å². The van der Waals surface area contributed by atoms with Crippen LogP contribution in [0.15, 0.2) is 101 Å². The molecule has 0 bridgehead atoms. The minimum Gasteiger partial charge on any atom is -0.455 e. The lowest BCUT2D eigenvalue weighted by Crippen LogP contribution is -1.92. The summed E-state index contributed by atoms with van der Waals surface area (Å²) in [4.78, 5) is 4.96. The summed E-state index contributed by atoms with van der Waals surface area (Å²) in [6.45, 7) is 0. The van der Waals surface area contributed by atoms with E-state index in [0.29, 0.717) is 0 Å². The zero-order valence-corrected chi connectivity index (χ0v) is 19.5. The quantitative estimate of drug-likeness (QED) is 0.246. The summed E-state index contributed by atoms with van der Waals surface area (Å²) < 4.78 is 11.4. The summed E-state index contributed by atoms with van der Waals surface area (Å²) in [7, 11) is 2.07. The molecule has 4 aromatic heterocycles. The average Bonchev–Trinajstić information content (AvgIpc) is 3.65. The summed E-state index contributed by atoms with van der Waals surface area (Å²) in [5.41, 5.74) is 8.60. The molecule has 0 saturated heterocycles. The molecule has 4 nitrogen and oxygen atoms in total. The van der Waals surface area contributed by atoms with E-state index in [-0.39, 0.29) is 0 Å². The molecule has 0 atom stereocenters. The third-order valence-electron chi connectivity index (χ3n) is 7.88. The van der Waals surface area contributed by atoms with Gasteiger partial charge in [0.1, 0.15) is 17.0 Å². The van der Waals surface area contributed by atoms with Crippen LogP contribution in [0, 0.1) is 0 Å². The van der Waals surface area contributed by atoms with Crippen molar-refractivity contribution in [2.75, 3.05) is 0 Å². The van der Waals surface area contributed by atoms with Crippen LogP contribution in [-0.4, -0.2) is 14.0 Å². The molecule has 0 amide bonds. The van der Waals surface area contributed by atoms with E-state index in [1.54, 1.807) is 0 Å². The SMILES string of the molecule is Cn1c(-c2cccc3c2oc2c3ccc3c2c2cccc4c5ccccc5n3c42)nc2ccccc21. The van der Waals surface area contributed by atoms with Crippen LogP contribution in [-0.2, 0) is 7.05 Å². The first-order valence-corrected chi connectivity index (χ1v) is 12.2. The predicted octanol–water partition coefficient (Wildman–Crippen LogP) is 8.29. The summed E-state index contributed by atoms with van der Waals surface area (Å²) in [5.74, 6) is 0.914. The molecule has 4 heteroatoms. The summed E-state index contributed by atoms with van der Waals surface area (Å²) in [6.07, 6.45) is 0. The molecule has 0 aliphatic rings. The second-order valence-corrected chi connectivity index (χ2v) is 9.66. The van der Waals surface area contributed by atoms with Crippen molar-refractivity contribution >= 4 is 71.1 Å². The van der Waals surface area contributed by atoms with Gasteiger partial charge >= 0.3 is 0 Å². The Morgan fingerprint density at radius 3 is 2.22 bits per heavy atom. The molecule has 9 aromatic rings. The molecule has 0 saturated carbocycles. The molecular formula is C32H19N3O. The van der Waals surface area contributed by atoms with Crippen molar-refractivity contribution in [2.45, 2.75) is 0 Å². The van der Waals surface area contributed by atoms with Crippen LogP contribution in [0.2, 0.25) is 0 Å². The Balaban J connectivity index is 1.46. The number of fused-ring (bicyclic) bond motifs is 11.